The maximum absolute atomic E-state index is 12.0. The Morgan fingerprint density at radius 3 is 2.54 bits per heavy atom. The Morgan fingerprint density at radius 2 is 1.88 bits per heavy atom. The zero-order valence-corrected chi connectivity index (χ0v) is 14.2. The highest BCUT2D eigenvalue weighted by Crippen LogP contribution is 2.13. The van der Waals surface area contributed by atoms with Crippen molar-refractivity contribution in [2.75, 3.05) is 11.1 Å². The first-order valence-corrected chi connectivity index (χ1v) is 8.69. The lowest BCUT2D eigenvalue weighted by molar-refractivity contribution is -0.138. The third-order valence-electron chi connectivity index (χ3n) is 3.28. The van der Waals surface area contributed by atoms with Gasteiger partial charge in [-0.3, -0.25) is 0 Å². The normalized spacial score (nSPS) is 11.5. The Balaban J connectivity index is 1.84. The topological polar surface area (TPSA) is 78.4 Å². The number of benzene rings is 2. The van der Waals surface area contributed by atoms with Gasteiger partial charge in [0.15, 0.2) is 0 Å². The van der Waals surface area contributed by atoms with Gasteiger partial charge in [0.2, 0.25) is 0 Å². The third-order valence-corrected chi connectivity index (χ3v) is 4.38. The van der Waals surface area contributed by atoms with Crippen molar-refractivity contribution in [3.05, 3.63) is 65.7 Å². The van der Waals surface area contributed by atoms with Gasteiger partial charge >= 0.3 is 12.0 Å². The van der Waals surface area contributed by atoms with Gasteiger partial charge in [-0.25, -0.2) is 9.59 Å². The predicted octanol–water partition coefficient (Wildman–Crippen LogP) is 3.50. The number of thioether (sulfide) groups is 1. The molecule has 0 saturated carbocycles. The van der Waals surface area contributed by atoms with Gasteiger partial charge in [0.25, 0.3) is 0 Å². The van der Waals surface area contributed by atoms with Crippen molar-refractivity contribution in [1.82, 2.24) is 5.32 Å². The lowest BCUT2D eigenvalue weighted by atomic mass is 10.2. The summed E-state index contributed by atoms with van der Waals surface area (Å²) in [6.07, 6.45) is 0. The number of carboxylic acid groups (broad SMARTS) is 1. The van der Waals surface area contributed by atoms with E-state index >= 15 is 0 Å². The van der Waals surface area contributed by atoms with Gasteiger partial charge in [-0.05, 0) is 30.2 Å². The van der Waals surface area contributed by atoms with Crippen LogP contribution in [0.3, 0.4) is 0 Å². The van der Waals surface area contributed by atoms with Gasteiger partial charge in [-0.15, -0.1) is 0 Å². The summed E-state index contributed by atoms with van der Waals surface area (Å²) in [6.45, 7) is 1.92. The smallest absolute Gasteiger partial charge is 0.327 e. The number of carbonyl (C=O) groups is 2. The Kier molecular flexibility index (Phi) is 6.69. The summed E-state index contributed by atoms with van der Waals surface area (Å²) in [5.41, 5.74) is 2.77. The van der Waals surface area contributed by atoms with Crippen LogP contribution in [0.5, 0.6) is 0 Å². The number of carboxylic acids is 1. The molecule has 0 aromatic heterocycles. The number of aryl methyl sites for hydroxylation is 1. The molecule has 0 bridgehead atoms. The molecule has 3 N–H and O–H groups in total. The molecule has 126 valence electrons. The molecule has 0 saturated heterocycles. The van der Waals surface area contributed by atoms with E-state index in [4.69, 9.17) is 0 Å². The quantitative estimate of drug-likeness (QED) is 0.718. The average molecular weight is 344 g/mol. The molecule has 24 heavy (non-hydrogen) atoms. The molecule has 2 aromatic rings. The van der Waals surface area contributed by atoms with Crippen molar-refractivity contribution in [2.45, 2.75) is 18.7 Å². The van der Waals surface area contributed by atoms with E-state index < -0.39 is 18.0 Å². The molecule has 0 heterocycles. The summed E-state index contributed by atoms with van der Waals surface area (Å²) in [6, 6.07) is 15.7. The summed E-state index contributed by atoms with van der Waals surface area (Å²) in [5.74, 6) is -0.0491. The van der Waals surface area contributed by atoms with Gasteiger partial charge in [0, 0.05) is 17.2 Å². The third kappa shape index (κ3) is 5.96. The number of anilines is 1. The minimum absolute atomic E-state index is 0.297. The molecule has 0 aliphatic rings. The van der Waals surface area contributed by atoms with Crippen LogP contribution in [-0.4, -0.2) is 28.9 Å². The predicted molar refractivity (Wildman–Crippen MR) is 97.4 cm³/mol. The fraction of sp³-hybridized carbons (Fsp3) is 0.222. The van der Waals surface area contributed by atoms with Crippen LogP contribution in [0.2, 0.25) is 0 Å². The molecule has 0 radical (unpaired) electrons. The number of aliphatic carboxylic acids is 1. The van der Waals surface area contributed by atoms with Crippen molar-refractivity contribution in [3.63, 3.8) is 0 Å². The number of rotatable bonds is 7. The fourth-order valence-electron chi connectivity index (χ4n) is 2.09. The monoisotopic (exact) mass is 344 g/mol. The van der Waals surface area contributed by atoms with E-state index in [1.807, 2.05) is 55.5 Å². The summed E-state index contributed by atoms with van der Waals surface area (Å²) in [4.78, 5) is 23.3. The molecular formula is C18H20N2O3S. The molecule has 5 nitrogen and oxygen atoms in total. The number of nitrogens with one attached hydrogen (secondary N) is 2. The molecule has 6 heteroatoms. The summed E-state index contributed by atoms with van der Waals surface area (Å²) in [7, 11) is 0. The van der Waals surface area contributed by atoms with Crippen molar-refractivity contribution in [2.24, 2.45) is 0 Å². The lowest BCUT2D eigenvalue weighted by Crippen LogP contribution is -2.44. The summed E-state index contributed by atoms with van der Waals surface area (Å²) in [5, 5.41) is 14.4. The number of hydrogen-bond donors (Lipinski definition) is 3. The van der Waals surface area contributed by atoms with Crippen LogP contribution in [0.15, 0.2) is 54.6 Å². The van der Waals surface area contributed by atoms with E-state index in [-0.39, 0.29) is 0 Å². The molecule has 0 aliphatic heterocycles. The summed E-state index contributed by atoms with van der Waals surface area (Å²) >= 11 is 1.47. The highest BCUT2D eigenvalue weighted by molar-refractivity contribution is 7.98. The van der Waals surface area contributed by atoms with E-state index in [0.29, 0.717) is 17.2 Å². The second-order valence-corrected chi connectivity index (χ2v) is 6.39. The molecular weight excluding hydrogens is 324 g/mol. The van der Waals surface area contributed by atoms with Gasteiger partial charge < -0.3 is 15.7 Å². The Labute approximate surface area is 145 Å². The van der Waals surface area contributed by atoms with Gasteiger partial charge in [-0.2, -0.15) is 11.8 Å². The maximum Gasteiger partial charge on any atom is 0.327 e. The zero-order chi connectivity index (χ0) is 17.4. The van der Waals surface area contributed by atoms with E-state index in [1.54, 1.807) is 6.07 Å². The first-order valence-electron chi connectivity index (χ1n) is 7.53. The molecule has 0 unspecified atom stereocenters. The molecule has 0 aliphatic carbocycles. The van der Waals surface area contributed by atoms with Crippen LogP contribution in [0.1, 0.15) is 11.1 Å². The zero-order valence-electron chi connectivity index (χ0n) is 13.4. The van der Waals surface area contributed by atoms with Crippen molar-refractivity contribution < 1.29 is 14.7 Å². The molecule has 2 aromatic carbocycles. The lowest BCUT2D eigenvalue weighted by Gasteiger charge is -2.15. The second-order valence-electron chi connectivity index (χ2n) is 5.36. The van der Waals surface area contributed by atoms with Crippen LogP contribution in [0.4, 0.5) is 10.5 Å². The second kappa shape index (κ2) is 8.98. The molecule has 0 spiro atoms. The highest BCUT2D eigenvalue weighted by atomic mass is 32.2. The van der Waals surface area contributed by atoms with Crippen LogP contribution in [-0.2, 0) is 10.5 Å². The highest BCUT2D eigenvalue weighted by Gasteiger charge is 2.19. The van der Waals surface area contributed by atoms with Crippen molar-refractivity contribution in [3.8, 4) is 0 Å². The van der Waals surface area contributed by atoms with Crippen molar-refractivity contribution in [1.29, 1.82) is 0 Å². The maximum atomic E-state index is 12.0. The molecule has 2 rings (SSSR count). The Bertz CT molecular complexity index is 692. The number of hydrogen-bond acceptors (Lipinski definition) is 3. The van der Waals surface area contributed by atoms with Gasteiger partial charge in [-0.1, -0.05) is 42.5 Å². The first kappa shape index (κ1) is 17.9. The van der Waals surface area contributed by atoms with Gasteiger partial charge in [0.1, 0.15) is 6.04 Å². The van der Waals surface area contributed by atoms with Crippen LogP contribution in [0, 0.1) is 6.92 Å². The number of amides is 2. The number of urea groups is 1. The van der Waals surface area contributed by atoms with E-state index in [0.717, 1.165) is 11.1 Å². The van der Waals surface area contributed by atoms with E-state index in [9.17, 15) is 14.7 Å². The average Bonchev–Trinajstić information content (AvgIpc) is 2.54. The number of carbonyl (C=O) groups excluding carboxylic acids is 1. The van der Waals surface area contributed by atoms with E-state index in [1.165, 1.54) is 11.8 Å². The van der Waals surface area contributed by atoms with Crippen LogP contribution in [0.25, 0.3) is 0 Å². The van der Waals surface area contributed by atoms with Gasteiger partial charge in [0.05, 0.1) is 0 Å². The minimum atomic E-state index is -1.05. The largest absolute Gasteiger partial charge is 0.480 e. The van der Waals surface area contributed by atoms with Crippen LogP contribution < -0.4 is 10.6 Å². The Morgan fingerprint density at radius 1 is 1.12 bits per heavy atom. The Hall–Kier alpha value is -2.47. The van der Waals surface area contributed by atoms with Crippen LogP contribution >= 0.6 is 11.8 Å². The molecule has 1 atom stereocenters. The first-order chi connectivity index (χ1) is 11.5. The minimum Gasteiger partial charge on any atom is -0.480 e. The summed E-state index contributed by atoms with van der Waals surface area (Å²) < 4.78 is 0. The van der Waals surface area contributed by atoms with E-state index in [2.05, 4.69) is 10.6 Å². The fourth-order valence-corrected chi connectivity index (χ4v) is 3.10. The van der Waals surface area contributed by atoms with Crippen molar-refractivity contribution >= 4 is 29.4 Å². The molecule has 0 fully saturated rings. The molecule has 2 amide bonds. The standard InChI is InChI=1S/C18H20N2O3S/c1-13-6-5-9-15(10-13)19-18(23)20-16(17(21)22)12-24-11-14-7-3-2-4-8-14/h2-10,16H,11-12H2,1H3,(H,21,22)(H2,19,20,23)/t16-/m0/s1. The SMILES string of the molecule is Cc1cccc(NC(=O)N[C@@H](CSCc2ccccc2)C(=O)O)c1.